The van der Waals surface area contributed by atoms with Gasteiger partial charge in [-0.2, -0.15) is 0 Å². The monoisotopic (exact) mass is 617 g/mol. The van der Waals surface area contributed by atoms with E-state index in [0.29, 0.717) is 36.8 Å². The second kappa shape index (κ2) is 15.5. The first-order chi connectivity index (χ1) is 21.7. The minimum Gasteiger partial charge on any atom is -0.466 e. The van der Waals surface area contributed by atoms with E-state index in [-0.39, 0.29) is 5.97 Å². The number of ether oxygens (including phenoxy) is 1. The van der Waals surface area contributed by atoms with Gasteiger partial charge >= 0.3 is 5.97 Å². The number of piperidine rings is 1. The number of aryl methyl sites for hydroxylation is 2. The van der Waals surface area contributed by atoms with E-state index in [1.165, 1.54) is 57.5 Å². The molecule has 2 saturated heterocycles. The first-order valence-electron chi connectivity index (χ1n) is 17.1. The summed E-state index contributed by atoms with van der Waals surface area (Å²) in [5.41, 5.74) is 3.29. The molecular weight excluding hydrogens is 562 g/mol. The number of H-pyrrole nitrogens is 1. The lowest BCUT2D eigenvalue weighted by atomic mass is 9.77. The van der Waals surface area contributed by atoms with E-state index in [2.05, 4.69) is 80.5 Å². The van der Waals surface area contributed by atoms with Gasteiger partial charge in [0.15, 0.2) is 0 Å². The fourth-order valence-electron chi connectivity index (χ4n) is 7.23. The number of hydrogen-bond acceptors (Lipinski definition) is 7. The second-order valence-corrected chi connectivity index (χ2v) is 14.6. The molecule has 1 spiro atoms. The van der Waals surface area contributed by atoms with Crippen LogP contribution in [0.3, 0.4) is 0 Å². The van der Waals surface area contributed by atoms with Crippen molar-refractivity contribution in [2.75, 3.05) is 45.9 Å². The quantitative estimate of drug-likeness (QED) is 0.225. The lowest BCUT2D eigenvalue weighted by Crippen LogP contribution is -2.44. The summed E-state index contributed by atoms with van der Waals surface area (Å²) < 4.78 is 7.45. The standard InChI is InChI=1S/C36H55N7O2/c1-5-45-34(44)11-10-30-8-6-9-31(24-30)25-42(26-32-37-15-16-38-32)27-33-39-17-23-43(33)19-7-18-40-20-12-36(29-40)13-21-41(22-14-36)28-35(2,3)4/h6,8-9,15-17,23-24H,5,7,10-14,18-22,25-29H2,1-4H3,(H,37,38). The molecule has 0 aliphatic carbocycles. The first kappa shape index (κ1) is 33.4. The summed E-state index contributed by atoms with van der Waals surface area (Å²) in [6.45, 7) is 19.9. The van der Waals surface area contributed by atoms with Crippen LogP contribution in [0.4, 0.5) is 0 Å². The average molecular weight is 618 g/mol. The summed E-state index contributed by atoms with van der Waals surface area (Å²) in [6.07, 6.45) is 14.0. The number of nitrogens with zero attached hydrogens (tertiary/aromatic N) is 6. The van der Waals surface area contributed by atoms with Crippen molar-refractivity contribution in [3.8, 4) is 0 Å². The van der Waals surface area contributed by atoms with Crippen molar-refractivity contribution in [1.82, 2.24) is 34.2 Å². The molecule has 5 rings (SSSR count). The van der Waals surface area contributed by atoms with Crippen LogP contribution in [-0.4, -0.2) is 86.1 Å². The Kier molecular flexibility index (Phi) is 11.5. The van der Waals surface area contributed by atoms with Gasteiger partial charge in [-0.05, 0) is 87.2 Å². The molecule has 2 aliphatic rings. The molecule has 1 aromatic carbocycles. The Morgan fingerprint density at radius 3 is 2.51 bits per heavy atom. The number of aromatic amines is 1. The van der Waals surface area contributed by atoms with E-state index >= 15 is 0 Å². The molecule has 2 fully saturated rings. The van der Waals surface area contributed by atoms with Crippen LogP contribution in [0, 0.1) is 10.8 Å². The number of likely N-dealkylation sites (tertiary alicyclic amines) is 2. The number of rotatable bonds is 15. The molecule has 0 radical (unpaired) electrons. The number of aromatic nitrogens is 4. The summed E-state index contributed by atoms with van der Waals surface area (Å²) >= 11 is 0. The third-order valence-electron chi connectivity index (χ3n) is 9.42. The summed E-state index contributed by atoms with van der Waals surface area (Å²) in [4.78, 5) is 32.2. The van der Waals surface area contributed by atoms with Crippen LogP contribution in [-0.2, 0) is 42.1 Å². The Morgan fingerprint density at radius 2 is 1.78 bits per heavy atom. The number of benzene rings is 1. The van der Waals surface area contributed by atoms with Gasteiger partial charge in [-0.15, -0.1) is 0 Å². The zero-order chi connectivity index (χ0) is 31.7. The van der Waals surface area contributed by atoms with Crippen LogP contribution in [0.1, 0.15) is 82.6 Å². The van der Waals surface area contributed by atoms with Crippen LogP contribution in [0.25, 0.3) is 0 Å². The zero-order valence-corrected chi connectivity index (χ0v) is 28.1. The lowest BCUT2D eigenvalue weighted by molar-refractivity contribution is -0.143. The maximum atomic E-state index is 11.9. The fourth-order valence-corrected chi connectivity index (χ4v) is 7.23. The van der Waals surface area contributed by atoms with Crippen molar-refractivity contribution < 1.29 is 9.53 Å². The highest BCUT2D eigenvalue weighted by atomic mass is 16.5. The molecule has 2 aliphatic heterocycles. The molecule has 4 heterocycles. The molecule has 0 bridgehead atoms. The smallest absolute Gasteiger partial charge is 0.306 e. The molecule has 3 aromatic rings. The predicted octanol–water partition coefficient (Wildman–Crippen LogP) is 5.53. The number of imidazole rings is 2. The minimum atomic E-state index is -0.143. The summed E-state index contributed by atoms with van der Waals surface area (Å²) in [5, 5.41) is 0. The zero-order valence-electron chi connectivity index (χ0n) is 28.1. The molecule has 45 heavy (non-hydrogen) atoms. The summed E-state index contributed by atoms with van der Waals surface area (Å²) in [6, 6.07) is 8.54. The van der Waals surface area contributed by atoms with Gasteiger partial charge in [0, 0.05) is 57.4 Å². The highest BCUT2D eigenvalue weighted by molar-refractivity contribution is 5.69. The van der Waals surface area contributed by atoms with E-state index in [9.17, 15) is 4.79 Å². The SMILES string of the molecule is CCOC(=O)CCc1cccc(CN(Cc2ncc[nH]2)Cc2nccn2CCCN2CCC3(CCN(CC(C)(C)C)CC3)C2)c1. The third-order valence-corrected chi connectivity index (χ3v) is 9.42. The molecule has 0 atom stereocenters. The van der Waals surface area contributed by atoms with Gasteiger partial charge in [0.05, 0.1) is 19.7 Å². The molecule has 9 nitrogen and oxygen atoms in total. The fraction of sp³-hybridized carbons (Fsp3) is 0.639. The maximum Gasteiger partial charge on any atom is 0.306 e. The van der Waals surface area contributed by atoms with E-state index in [1.807, 2.05) is 25.5 Å². The Labute approximate surface area is 270 Å². The minimum absolute atomic E-state index is 0.143. The predicted molar refractivity (Wildman–Crippen MR) is 178 cm³/mol. The Balaban J connectivity index is 1.13. The molecule has 2 aromatic heterocycles. The molecule has 0 unspecified atom stereocenters. The molecule has 9 heteroatoms. The van der Waals surface area contributed by atoms with E-state index in [4.69, 9.17) is 9.72 Å². The van der Waals surface area contributed by atoms with Gasteiger partial charge in [-0.25, -0.2) is 9.97 Å². The van der Waals surface area contributed by atoms with Crippen molar-refractivity contribution in [3.63, 3.8) is 0 Å². The highest BCUT2D eigenvalue weighted by Gasteiger charge is 2.40. The largest absolute Gasteiger partial charge is 0.466 e. The number of carbonyl (C=O) groups excluding carboxylic acids is 1. The molecule has 1 N–H and O–H groups in total. The van der Waals surface area contributed by atoms with Crippen molar-refractivity contribution >= 4 is 5.97 Å². The van der Waals surface area contributed by atoms with Gasteiger partial charge in [0.2, 0.25) is 0 Å². The van der Waals surface area contributed by atoms with Crippen LogP contribution >= 0.6 is 0 Å². The normalized spacial score (nSPS) is 17.4. The van der Waals surface area contributed by atoms with E-state index in [1.54, 1.807) is 0 Å². The van der Waals surface area contributed by atoms with Crippen molar-refractivity contribution in [2.45, 2.75) is 92.4 Å². The van der Waals surface area contributed by atoms with Crippen molar-refractivity contribution in [2.24, 2.45) is 10.8 Å². The number of esters is 1. The van der Waals surface area contributed by atoms with Crippen LogP contribution in [0.5, 0.6) is 0 Å². The lowest BCUT2D eigenvalue weighted by Gasteiger charge is -2.41. The van der Waals surface area contributed by atoms with Gasteiger partial charge in [-0.1, -0.05) is 45.0 Å². The summed E-state index contributed by atoms with van der Waals surface area (Å²) in [7, 11) is 0. The Hall–Kier alpha value is -3.01. The number of hydrogen-bond donors (Lipinski definition) is 1. The average Bonchev–Trinajstić information content (AvgIpc) is 3.76. The van der Waals surface area contributed by atoms with Gasteiger partial charge < -0.3 is 24.1 Å². The van der Waals surface area contributed by atoms with E-state index < -0.39 is 0 Å². The Bertz CT molecular complexity index is 1320. The Morgan fingerprint density at radius 1 is 1.00 bits per heavy atom. The van der Waals surface area contributed by atoms with Gasteiger partial charge in [0.25, 0.3) is 0 Å². The summed E-state index contributed by atoms with van der Waals surface area (Å²) in [5.74, 6) is 1.89. The van der Waals surface area contributed by atoms with Crippen LogP contribution in [0.15, 0.2) is 49.1 Å². The molecule has 0 amide bonds. The van der Waals surface area contributed by atoms with Gasteiger partial charge in [0.1, 0.15) is 11.6 Å². The van der Waals surface area contributed by atoms with Gasteiger partial charge in [-0.3, -0.25) is 9.69 Å². The molecule has 0 saturated carbocycles. The van der Waals surface area contributed by atoms with Crippen molar-refractivity contribution in [3.05, 3.63) is 71.8 Å². The topological polar surface area (TPSA) is 82.5 Å². The second-order valence-electron chi connectivity index (χ2n) is 14.6. The van der Waals surface area contributed by atoms with Crippen LogP contribution in [0.2, 0.25) is 0 Å². The van der Waals surface area contributed by atoms with E-state index in [0.717, 1.165) is 49.8 Å². The van der Waals surface area contributed by atoms with Crippen molar-refractivity contribution in [1.29, 1.82) is 0 Å². The maximum absolute atomic E-state index is 11.9. The number of carbonyl (C=O) groups is 1. The number of nitrogens with one attached hydrogen (secondary N) is 1. The molecule has 246 valence electrons. The first-order valence-corrected chi connectivity index (χ1v) is 17.1. The highest BCUT2D eigenvalue weighted by Crippen LogP contribution is 2.40. The third kappa shape index (κ3) is 10.2. The molecular formula is C36H55N7O2. The van der Waals surface area contributed by atoms with Crippen LogP contribution < -0.4 is 0 Å².